The lowest BCUT2D eigenvalue weighted by Gasteiger charge is -2.21. The van der Waals surface area contributed by atoms with Crippen molar-refractivity contribution in [2.75, 3.05) is 24.6 Å². The molecule has 0 bridgehead atoms. The maximum Gasteiger partial charge on any atom is 0.143 e. The largest absolute Gasteiger partial charge is 0.396 e. The van der Waals surface area contributed by atoms with E-state index < -0.39 is 0 Å². The maximum atomic E-state index is 9.24. The molecule has 2 fully saturated rings. The molecule has 19 heavy (non-hydrogen) atoms. The zero-order valence-electron chi connectivity index (χ0n) is 11.0. The first-order valence-electron chi connectivity index (χ1n) is 7.00. The van der Waals surface area contributed by atoms with Gasteiger partial charge in [0.15, 0.2) is 0 Å². The van der Waals surface area contributed by atoms with Gasteiger partial charge in [-0.2, -0.15) is 0 Å². The van der Waals surface area contributed by atoms with Gasteiger partial charge in [-0.25, -0.2) is 9.97 Å². The fraction of sp³-hybridized carbons (Fsp3) is 0.571. The molecule has 2 aromatic rings. The molecule has 2 aliphatic rings. The van der Waals surface area contributed by atoms with E-state index in [0.717, 1.165) is 31.0 Å². The summed E-state index contributed by atoms with van der Waals surface area (Å²) in [6.45, 7) is 4.54. The van der Waals surface area contributed by atoms with Gasteiger partial charge in [0.2, 0.25) is 0 Å². The minimum Gasteiger partial charge on any atom is -0.396 e. The van der Waals surface area contributed by atoms with Crippen LogP contribution in [0.4, 0.5) is 5.82 Å². The van der Waals surface area contributed by atoms with Crippen LogP contribution in [0, 0.1) is 17.8 Å². The van der Waals surface area contributed by atoms with E-state index in [1.54, 1.807) is 6.33 Å². The molecule has 4 rings (SSSR count). The van der Waals surface area contributed by atoms with Gasteiger partial charge in [-0.15, -0.1) is 0 Å². The predicted molar refractivity (Wildman–Crippen MR) is 73.0 cm³/mol. The van der Waals surface area contributed by atoms with Crippen molar-refractivity contribution in [1.29, 1.82) is 0 Å². The highest BCUT2D eigenvalue weighted by molar-refractivity contribution is 5.91. The number of aryl methyl sites for hydroxylation is 1. The van der Waals surface area contributed by atoms with E-state index in [1.807, 2.05) is 6.20 Å². The Hall–Kier alpha value is -1.62. The van der Waals surface area contributed by atoms with E-state index in [9.17, 15) is 5.11 Å². The van der Waals surface area contributed by atoms with E-state index in [0.29, 0.717) is 24.4 Å². The Labute approximate surface area is 111 Å². The highest BCUT2D eigenvalue weighted by atomic mass is 16.3. The SMILES string of the molecule is CCc1c[nH]c2ncnc(N3C[C@@H]4C(CO)[C@@H]4C3)c12. The van der Waals surface area contributed by atoms with Crippen molar-refractivity contribution in [2.45, 2.75) is 13.3 Å². The molecule has 0 amide bonds. The Balaban J connectivity index is 1.71. The number of aromatic amines is 1. The Kier molecular flexibility index (Phi) is 2.33. The van der Waals surface area contributed by atoms with Crippen molar-refractivity contribution < 1.29 is 5.11 Å². The van der Waals surface area contributed by atoms with E-state index in [4.69, 9.17) is 0 Å². The molecular formula is C14H18N4O. The maximum absolute atomic E-state index is 9.24. The summed E-state index contributed by atoms with van der Waals surface area (Å²) in [5.74, 6) is 2.93. The standard InChI is InChI=1S/C14H18N4O/c1-2-8-3-15-13-12(8)14(17-7-16-13)18-4-9-10(5-18)11(9)6-19/h3,7,9-11,19H,2,4-6H2,1H3,(H,15,16,17)/t9-,10+,11?. The van der Waals surface area contributed by atoms with Gasteiger partial charge in [-0.3, -0.25) is 0 Å². The number of aromatic nitrogens is 3. The molecule has 0 aromatic carbocycles. The van der Waals surface area contributed by atoms with Gasteiger partial charge < -0.3 is 15.0 Å². The average molecular weight is 258 g/mol. The van der Waals surface area contributed by atoms with Crippen LogP contribution >= 0.6 is 0 Å². The van der Waals surface area contributed by atoms with Crippen molar-refractivity contribution in [3.63, 3.8) is 0 Å². The quantitative estimate of drug-likeness (QED) is 0.868. The summed E-state index contributed by atoms with van der Waals surface area (Å²) < 4.78 is 0. The first-order valence-corrected chi connectivity index (χ1v) is 7.00. The number of rotatable bonds is 3. The highest BCUT2D eigenvalue weighted by Crippen LogP contribution is 2.52. The molecule has 5 heteroatoms. The van der Waals surface area contributed by atoms with Crippen molar-refractivity contribution in [3.05, 3.63) is 18.1 Å². The number of anilines is 1. The molecule has 3 atom stereocenters. The van der Waals surface area contributed by atoms with Crippen LogP contribution in [0.2, 0.25) is 0 Å². The van der Waals surface area contributed by atoms with Gasteiger partial charge in [0.1, 0.15) is 17.8 Å². The van der Waals surface area contributed by atoms with Crippen molar-refractivity contribution >= 4 is 16.9 Å². The number of fused-ring (bicyclic) bond motifs is 2. The molecule has 2 N–H and O–H groups in total. The third-order valence-corrected chi connectivity index (χ3v) is 4.79. The summed E-state index contributed by atoms with van der Waals surface area (Å²) in [6.07, 6.45) is 4.66. The number of aliphatic hydroxyl groups is 1. The van der Waals surface area contributed by atoms with Crippen molar-refractivity contribution in [3.8, 4) is 0 Å². The molecule has 5 nitrogen and oxygen atoms in total. The van der Waals surface area contributed by atoms with Crippen LogP contribution < -0.4 is 4.90 Å². The fourth-order valence-corrected chi connectivity index (χ4v) is 3.62. The third kappa shape index (κ3) is 1.51. The molecule has 2 aromatic heterocycles. The third-order valence-electron chi connectivity index (χ3n) is 4.79. The minimum absolute atomic E-state index is 0.340. The molecule has 1 saturated carbocycles. The summed E-state index contributed by atoms with van der Waals surface area (Å²) >= 11 is 0. The van der Waals surface area contributed by atoms with Crippen LogP contribution in [0.25, 0.3) is 11.0 Å². The second-order valence-corrected chi connectivity index (χ2v) is 5.67. The zero-order chi connectivity index (χ0) is 13.0. The summed E-state index contributed by atoms with van der Waals surface area (Å²) in [7, 11) is 0. The van der Waals surface area contributed by atoms with Gasteiger partial charge in [-0.05, 0) is 29.7 Å². The number of aliphatic hydroxyl groups excluding tert-OH is 1. The second kappa shape index (κ2) is 3.93. The van der Waals surface area contributed by atoms with Crippen LogP contribution in [0.15, 0.2) is 12.5 Å². The molecule has 3 heterocycles. The molecule has 0 radical (unpaired) electrons. The Morgan fingerprint density at radius 3 is 2.84 bits per heavy atom. The smallest absolute Gasteiger partial charge is 0.143 e. The van der Waals surface area contributed by atoms with Gasteiger partial charge in [0.25, 0.3) is 0 Å². The number of nitrogens with one attached hydrogen (secondary N) is 1. The summed E-state index contributed by atoms with van der Waals surface area (Å²) in [4.78, 5) is 14.4. The normalized spacial score (nSPS) is 28.9. The first-order chi connectivity index (χ1) is 9.33. The highest BCUT2D eigenvalue weighted by Gasteiger charge is 2.55. The lowest BCUT2D eigenvalue weighted by molar-refractivity contribution is 0.260. The molecule has 1 unspecified atom stereocenters. The Morgan fingerprint density at radius 2 is 2.16 bits per heavy atom. The average Bonchev–Trinajstić information content (AvgIpc) is 2.84. The van der Waals surface area contributed by atoms with Crippen LogP contribution in [-0.2, 0) is 6.42 Å². The molecule has 0 spiro atoms. The molecule has 1 aliphatic carbocycles. The van der Waals surface area contributed by atoms with Crippen molar-refractivity contribution in [2.24, 2.45) is 17.8 Å². The fourth-order valence-electron chi connectivity index (χ4n) is 3.62. The molecule has 100 valence electrons. The molecular weight excluding hydrogens is 240 g/mol. The Bertz CT molecular complexity index is 611. The number of hydrogen-bond acceptors (Lipinski definition) is 4. The van der Waals surface area contributed by atoms with E-state index in [-0.39, 0.29) is 0 Å². The summed E-state index contributed by atoms with van der Waals surface area (Å²) in [6, 6.07) is 0. The number of H-pyrrole nitrogens is 1. The molecule has 1 aliphatic heterocycles. The Morgan fingerprint density at radius 1 is 1.37 bits per heavy atom. The topological polar surface area (TPSA) is 65.0 Å². The van der Waals surface area contributed by atoms with Gasteiger partial charge in [0.05, 0.1) is 5.39 Å². The number of hydrogen-bond donors (Lipinski definition) is 2. The predicted octanol–water partition coefficient (Wildman–Crippen LogP) is 1.19. The monoisotopic (exact) mass is 258 g/mol. The van der Waals surface area contributed by atoms with Crippen LogP contribution in [0.1, 0.15) is 12.5 Å². The minimum atomic E-state index is 0.340. The molecule has 1 saturated heterocycles. The zero-order valence-corrected chi connectivity index (χ0v) is 11.0. The lowest BCUT2D eigenvalue weighted by atomic mass is 10.1. The van der Waals surface area contributed by atoms with E-state index >= 15 is 0 Å². The summed E-state index contributed by atoms with van der Waals surface area (Å²) in [5.41, 5.74) is 2.21. The van der Waals surface area contributed by atoms with E-state index in [2.05, 4.69) is 26.8 Å². The lowest BCUT2D eigenvalue weighted by Crippen LogP contribution is -2.26. The number of nitrogens with zero attached hydrogens (tertiary/aromatic N) is 3. The van der Waals surface area contributed by atoms with Gasteiger partial charge >= 0.3 is 0 Å². The summed E-state index contributed by atoms with van der Waals surface area (Å²) in [5, 5.41) is 10.4. The first kappa shape index (κ1) is 11.2. The van der Waals surface area contributed by atoms with Crippen LogP contribution in [0.5, 0.6) is 0 Å². The van der Waals surface area contributed by atoms with Crippen LogP contribution in [0.3, 0.4) is 0 Å². The van der Waals surface area contributed by atoms with Crippen LogP contribution in [-0.4, -0.2) is 39.8 Å². The van der Waals surface area contributed by atoms with Gasteiger partial charge in [-0.1, -0.05) is 6.92 Å². The van der Waals surface area contributed by atoms with Gasteiger partial charge in [0, 0.05) is 25.9 Å². The van der Waals surface area contributed by atoms with Crippen molar-refractivity contribution in [1.82, 2.24) is 15.0 Å². The number of piperidine rings is 1. The van der Waals surface area contributed by atoms with E-state index in [1.165, 1.54) is 10.9 Å². The second-order valence-electron chi connectivity index (χ2n) is 5.67.